The van der Waals surface area contributed by atoms with Crippen LogP contribution >= 0.6 is 0 Å². The summed E-state index contributed by atoms with van der Waals surface area (Å²) in [4.78, 5) is 38.2. The van der Waals surface area contributed by atoms with Gasteiger partial charge in [0.15, 0.2) is 6.10 Å². The van der Waals surface area contributed by atoms with Crippen LogP contribution in [0.4, 0.5) is 0 Å². The van der Waals surface area contributed by atoms with E-state index in [1.54, 1.807) is 0 Å². The van der Waals surface area contributed by atoms with E-state index in [4.69, 9.17) is 14.2 Å². The van der Waals surface area contributed by atoms with Crippen LogP contribution in [-0.2, 0) is 28.6 Å². The zero-order valence-electron chi connectivity index (χ0n) is 49.0. The van der Waals surface area contributed by atoms with Crippen molar-refractivity contribution in [2.45, 2.75) is 297 Å². The molecule has 6 heteroatoms. The average Bonchev–Trinajstić information content (AvgIpc) is 3.41. The lowest BCUT2D eigenvalue weighted by Gasteiger charge is -2.18. The Kier molecular flexibility index (Phi) is 59.3. The van der Waals surface area contributed by atoms with Gasteiger partial charge in [0.2, 0.25) is 0 Å². The standard InChI is InChI=1S/C69H116O6/c1-4-7-10-13-16-19-22-24-26-28-30-31-32-33-34-35-36-37-39-40-42-44-47-50-53-56-59-62-68(71)74-65-66(64-73-67(70)61-58-55-52-49-46-21-18-15-12-9-6-3)75-69(72)63-60-57-54-51-48-45-43-41-38-29-27-25-23-20-17-14-11-8-5-2/h7,10,15-20,24-27,30-31,33-34,36-37,66H,4-6,8-9,11-14,21-23,28-29,32,35,38-65H2,1-3H3/b10-7-,18-15-,19-16-,20-17-,26-24-,27-25-,31-30-,34-33-,37-36-. The number of carbonyl (C=O) groups is 3. The molecule has 0 N–H and O–H groups in total. The SMILES string of the molecule is CC/C=C\C/C=C\C/C=C\C/C=C\C/C=C\C/C=C\CCCCCCCCCCC(=O)OCC(COC(=O)CCCCCCC/C=C\CCCC)OC(=O)CCCCCCCCCCC/C=C\C/C=C\CCCCC. The summed E-state index contributed by atoms with van der Waals surface area (Å²) in [6, 6.07) is 0. The van der Waals surface area contributed by atoms with Crippen LogP contribution in [0, 0.1) is 0 Å². The summed E-state index contributed by atoms with van der Waals surface area (Å²) in [5.74, 6) is -0.904. The monoisotopic (exact) mass is 1040 g/mol. The molecule has 0 aromatic carbocycles. The molecule has 0 radical (unpaired) electrons. The predicted octanol–water partition coefficient (Wildman–Crippen LogP) is 21.4. The van der Waals surface area contributed by atoms with Gasteiger partial charge in [0.1, 0.15) is 13.2 Å². The smallest absolute Gasteiger partial charge is 0.306 e. The summed E-state index contributed by atoms with van der Waals surface area (Å²) >= 11 is 0. The fourth-order valence-electron chi connectivity index (χ4n) is 8.52. The Morgan fingerprint density at radius 3 is 0.867 bits per heavy atom. The van der Waals surface area contributed by atoms with Crippen LogP contribution in [0.2, 0.25) is 0 Å². The third-order valence-electron chi connectivity index (χ3n) is 13.2. The van der Waals surface area contributed by atoms with E-state index in [1.165, 1.54) is 135 Å². The van der Waals surface area contributed by atoms with E-state index >= 15 is 0 Å². The van der Waals surface area contributed by atoms with Crippen molar-refractivity contribution < 1.29 is 28.6 Å². The molecule has 1 atom stereocenters. The van der Waals surface area contributed by atoms with E-state index in [0.717, 1.165) is 116 Å². The van der Waals surface area contributed by atoms with E-state index < -0.39 is 6.10 Å². The highest BCUT2D eigenvalue weighted by molar-refractivity contribution is 5.71. The molecule has 1 unspecified atom stereocenters. The zero-order valence-corrected chi connectivity index (χ0v) is 49.0. The summed E-state index contributed by atoms with van der Waals surface area (Å²) < 4.78 is 16.9. The molecule has 0 aromatic rings. The molecule has 0 amide bonds. The third kappa shape index (κ3) is 60.8. The Bertz CT molecular complexity index is 1520. The summed E-state index contributed by atoms with van der Waals surface area (Å²) in [6.45, 7) is 6.46. The number of hydrogen-bond donors (Lipinski definition) is 0. The van der Waals surface area contributed by atoms with E-state index in [2.05, 4.69) is 130 Å². The van der Waals surface area contributed by atoms with Crippen molar-refractivity contribution >= 4 is 17.9 Å². The Morgan fingerprint density at radius 2 is 0.533 bits per heavy atom. The molecular formula is C69H116O6. The van der Waals surface area contributed by atoms with Crippen molar-refractivity contribution in [1.82, 2.24) is 0 Å². The highest BCUT2D eigenvalue weighted by Crippen LogP contribution is 2.15. The first-order chi connectivity index (χ1) is 37.0. The first kappa shape index (κ1) is 71.1. The molecule has 0 aliphatic heterocycles. The second-order valence-electron chi connectivity index (χ2n) is 20.6. The maximum Gasteiger partial charge on any atom is 0.306 e. The normalized spacial score (nSPS) is 12.8. The minimum atomic E-state index is -0.789. The van der Waals surface area contributed by atoms with E-state index in [9.17, 15) is 14.4 Å². The van der Waals surface area contributed by atoms with Crippen LogP contribution < -0.4 is 0 Å². The van der Waals surface area contributed by atoms with E-state index in [-0.39, 0.29) is 31.1 Å². The van der Waals surface area contributed by atoms with Crippen LogP contribution in [0.15, 0.2) is 109 Å². The summed E-state index contributed by atoms with van der Waals surface area (Å²) in [7, 11) is 0. The first-order valence-corrected chi connectivity index (χ1v) is 31.4. The first-order valence-electron chi connectivity index (χ1n) is 31.4. The van der Waals surface area contributed by atoms with E-state index in [1.807, 2.05) is 0 Å². The molecule has 428 valence electrons. The third-order valence-corrected chi connectivity index (χ3v) is 13.2. The van der Waals surface area contributed by atoms with Crippen molar-refractivity contribution in [3.05, 3.63) is 109 Å². The Labute approximate surface area is 463 Å². The molecule has 0 saturated heterocycles. The maximum absolute atomic E-state index is 12.9. The van der Waals surface area contributed by atoms with Crippen molar-refractivity contribution in [2.75, 3.05) is 13.2 Å². The molecule has 75 heavy (non-hydrogen) atoms. The highest BCUT2D eigenvalue weighted by Gasteiger charge is 2.19. The lowest BCUT2D eigenvalue weighted by atomic mass is 10.1. The van der Waals surface area contributed by atoms with Crippen LogP contribution in [0.3, 0.4) is 0 Å². The number of ether oxygens (including phenoxy) is 3. The van der Waals surface area contributed by atoms with Crippen molar-refractivity contribution in [1.29, 1.82) is 0 Å². The van der Waals surface area contributed by atoms with Gasteiger partial charge >= 0.3 is 17.9 Å². The van der Waals surface area contributed by atoms with Crippen molar-refractivity contribution in [3.8, 4) is 0 Å². The summed E-state index contributed by atoms with van der Waals surface area (Å²) in [6.07, 6.45) is 85.2. The van der Waals surface area contributed by atoms with Crippen molar-refractivity contribution in [3.63, 3.8) is 0 Å². The second-order valence-corrected chi connectivity index (χ2v) is 20.6. The number of rotatable bonds is 56. The van der Waals surface area contributed by atoms with Gasteiger partial charge in [0.25, 0.3) is 0 Å². The van der Waals surface area contributed by atoms with Gasteiger partial charge in [0, 0.05) is 19.3 Å². The average molecular weight is 1040 g/mol. The van der Waals surface area contributed by atoms with Crippen LogP contribution in [-0.4, -0.2) is 37.2 Å². The van der Waals surface area contributed by atoms with Gasteiger partial charge in [-0.25, -0.2) is 0 Å². The molecular weight excluding hydrogens is 925 g/mol. The Morgan fingerprint density at radius 1 is 0.280 bits per heavy atom. The molecule has 0 heterocycles. The van der Waals surface area contributed by atoms with Crippen LogP contribution in [0.5, 0.6) is 0 Å². The minimum absolute atomic E-state index is 0.0869. The van der Waals surface area contributed by atoms with E-state index in [0.29, 0.717) is 19.3 Å². The van der Waals surface area contributed by atoms with Crippen molar-refractivity contribution in [2.24, 2.45) is 0 Å². The predicted molar refractivity (Wildman–Crippen MR) is 325 cm³/mol. The van der Waals surface area contributed by atoms with Gasteiger partial charge in [0.05, 0.1) is 0 Å². The molecule has 0 saturated carbocycles. The fraction of sp³-hybridized carbons (Fsp3) is 0.696. The van der Waals surface area contributed by atoms with Gasteiger partial charge in [-0.15, -0.1) is 0 Å². The summed E-state index contributed by atoms with van der Waals surface area (Å²) in [5, 5.41) is 0. The van der Waals surface area contributed by atoms with Gasteiger partial charge in [-0.1, -0.05) is 259 Å². The zero-order chi connectivity index (χ0) is 54.3. The largest absolute Gasteiger partial charge is 0.462 e. The second kappa shape index (κ2) is 62.6. The van der Waals surface area contributed by atoms with Crippen LogP contribution in [0.1, 0.15) is 290 Å². The van der Waals surface area contributed by atoms with Gasteiger partial charge in [-0.05, 0) is 122 Å². The molecule has 0 bridgehead atoms. The minimum Gasteiger partial charge on any atom is -0.462 e. The van der Waals surface area contributed by atoms with Gasteiger partial charge in [-0.3, -0.25) is 14.4 Å². The van der Waals surface area contributed by atoms with Gasteiger partial charge in [-0.2, -0.15) is 0 Å². The topological polar surface area (TPSA) is 78.9 Å². The quantitative estimate of drug-likeness (QED) is 0.0261. The molecule has 0 spiro atoms. The Hall–Kier alpha value is -3.93. The maximum atomic E-state index is 12.9. The van der Waals surface area contributed by atoms with Crippen LogP contribution in [0.25, 0.3) is 0 Å². The molecule has 0 fully saturated rings. The number of carbonyl (C=O) groups excluding carboxylic acids is 3. The molecule has 0 aromatic heterocycles. The molecule has 6 nitrogen and oxygen atoms in total. The summed E-state index contributed by atoms with van der Waals surface area (Å²) in [5.41, 5.74) is 0. The number of unbranched alkanes of at least 4 members (excludes halogenated alkanes) is 27. The number of hydrogen-bond acceptors (Lipinski definition) is 6. The molecule has 0 rings (SSSR count). The van der Waals surface area contributed by atoms with Gasteiger partial charge < -0.3 is 14.2 Å². The fourth-order valence-corrected chi connectivity index (χ4v) is 8.52. The lowest BCUT2D eigenvalue weighted by Crippen LogP contribution is -2.30. The highest BCUT2D eigenvalue weighted by atomic mass is 16.6. The Balaban J connectivity index is 4.31. The number of esters is 3. The number of allylic oxidation sites excluding steroid dienone is 18. The lowest BCUT2D eigenvalue weighted by molar-refractivity contribution is -0.167. The molecule has 0 aliphatic rings. The molecule has 0 aliphatic carbocycles.